The first kappa shape index (κ1) is 23.0. The molecule has 0 N–H and O–H groups in total. The average molecular weight is 385 g/mol. The number of nitrogens with zero attached hydrogens (tertiary/aromatic N) is 2. The van der Waals surface area contributed by atoms with Crippen molar-refractivity contribution in [3.05, 3.63) is 30.1 Å². The molecule has 1 heterocycles. The summed E-state index contributed by atoms with van der Waals surface area (Å²) in [5, 5.41) is 0. The molecule has 2 nitrogen and oxygen atoms in total. The summed E-state index contributed by atoms with van der Waals surface area (Å²) in [6, 6.07) is 8.51. The van der Waals surface area contributed by atoms with E-state index in [2.05, 4.69) is 47.7 Å². The van der Waals surface area contributed by atoms with Crippen LogP contribution < -0.4 is 0 Å². The number of unbranched alkanes of at least 4 members (excludes halogenated alkanes) is 15. The molecule has 0 atom stereocenters. The number of imidazole rings is 1. The van der Waals surface area contributed by atoms with E-state index in [1.54, 1.807) is 0 Å². The van der Waals surface area contributed by atoms with E-state index in [4.69, 9.17) is 0 Å². The first-order chi connectivity index (χ1) is 13.8. The summed E-state index contributed by atoms with van der Waals surface area (Å²) in [5.74, 6) is 1.15. The Kier molecular flexibility index (Phi) is 12.0. The number of aryl methyl sites for hydroxylation is 2. The van der Waals surface area contributed by atoms with Crippen molar-refractivity contribution in [1.29, 1.82) is 0 Å². The van der Waals surface area contributed by atoms with Gasteiger partial charge >= 0.3 is 0 Å². The van der Waals surface area contributed by atoms with Crippen molar-refractivity contribution in [2.24, 2.45) is 0 Å². The zero-order valence-corrected chi connectivity index (χ0v) is 18.7. The Labute approximate surface area is 174 Å². The first-order valence-electron chi connectivity index (χ1n) is 12.2. The molecule has 0 unspecified atom stereocenters. The highest BCUT2D eigenvalue weighted by atomic mass is 15.1. The van der Waals surface area contributed by atoms with Gasteiger partial charge in [-0.25, -0.2) is 4.98 Å². The molecule has 0 bridgehead atoms. The van der Waals surface area contributed by atoms with Gasteiger partial charge < -0.3 is 4.57 Å². The second-order valence-corrected chi connectivity index (χ2v) is 8.60. The molecular formula is C26H44N2. The number of benzene rings is 1. The van der Waals surface area contributed by atoms with Crippen molar-refractivity contribution in [1.82, 2.24) is 9.55 Å². The predicted octanol–water partition coefficient (Wildman–Crippen LogP) is 8.61. The highest BCUT2D eigenvalue weighted by molar-refractivity contribution is 5.75. The number of hydrogen-bond acceptors (Lipinski definition) is 1. The maximum Gasteiger partial charge on any atom is 0.106 e. The topological polar surface area (TPSA) is 17.8 Å². The SMILES string of the molecule is CCCCCCCCCCCCCCCCCCn1c(C)nc2ccccc21. The third kappa shape index (κ3) is 8.80. The molecule has 0 amide bonds. The molecule has 0 radical (unpaired) electrons. The number of aromatic nitrogens is 2. The molecule has 0 aliphatic heterocycles. The summed E-state index contributed by atoms with van der Waals surface area (Å²) in [6.45, 7) is 5.54. The molecule has 2 aromatic rings. The van der Waals surface area contributed by atoms with Crippen LogP contribution in [0.2, 0.25) is 0 Å². The van der Waals surface area contributed by atoms with Crippen molar-refractivity contribution < 1.29 is 0 Å². The Morgan fingerprint density at radius 1 is 0.643 bits per heavy atom. The van der Waals surface area contributed by atoms with Gasteiger partial charge in [0.2, 0.25) is 0 Å². The van der Waals surface area contributed by atoms with Gasteiger partial charge in [0.25, 0.3) is 0 Å². The molecule has 158 valence electrons. The molecule has 0 saturated carbocycles. The second-order valence-electron chi connectivity index (χ2n) is 8.60. The maximum absolute atomic E-state index is 4.67. The zero-order chi connectivity index (χ0) is 19.9. The fraction of sp³-hybridized carbons (Fsp3) is 0.731. The Hall–Kier alpha value is -1.31. The normalized spacial score (nSPS) is 11.5. The van der Waals surface area contributed by atoms with E-state index in [0.717, 1.165) is 17.9 Å². The van der Waals surface area contributed by atoms with E-state index in [9.17, 15) is 0 Å². The van der Waals surface area contributed by atoms with Crippen LogP contribution in [0.25, 0.3) is 11.0 Å². The smallest absolute Gasteiger partial charge is 0.106 e. The molecule has 0 saturated heterocycles. The Morgan fingerprint density at radius 3 is 1.64 bits per heavy atom. The summed E-state index contributed by atoms with van der Waals surface area (Å²) >= 11 is 0. The molecule has 0 fully saturated rings. The summed E-state index contributed by atoms with van der Waals surface area (Å²) in [6.07, 6.45) is 22.8. The van der Waals surface area contributed by atoms with Crippen LogP contribution in [0.1, 0.15) is 115 Å². The van der Waals surface area contributed by atoms with Gasteiger partial charge in [0.05, 0.1) is 11.0 Å². The van der Waals surface area contributed by atoms with E-state index in [1.807, 2.05) is 0 Å². The highest BCUT2D eigenvalue weighted by Gasteiger charge is 2.05. The van der Waals surface area contributed by atoms with E-state index in [1.165, 1.54) is 108 Å². The molecule has 0 spiro atoms. The summed E-state index contributed by atoms with van der Waals surface area (Å²) in [7, 11) is 0. The van der Waals surface area contributed by atoms with Crippen molar-refractivity contribution in [3.63, 3.8) is 0 Å². The number of fused-ring (bicyclic) bond motifs is 1. The lowest BCUT2D eigenvalue weighted by molar-refractivity contribution is 0.521. The average Bonchev–Trinajstić information content (AvgIpc) is 3.03. The summed E-state index contributed by atoms with van der Waals surface area (Å²) in [5.41, 5.74) is 2.43. The maximum atomic E-state index is 4.67. The number of para-hydroxylation sites is 2. The molecular weight excluding hydrogens is 340 g/mol. The minimum Gasteiger partial charge on any atom is -0.328 e. The lowest BCUT2D eigenvalue weighted by Crippen LogP contribution is -2.00. The minimum atomic E-state index is 1.12. The molecule has 1 aromatic heterocycles. The monoisotopic (exact) mass is 384 g/mol. The van der Waals surface area contributed by atoms with Crippen LogP contribution >= 0.6 is 0 Å². The van der Waals surface area contributed by atoms with Crippen molar-refractivity contribution in [2.45, 2.75) is 123 Å². The van der Waals surface area contributed by atoms with Gasteiger partial charge in [-0.15, -0.1) is 0 Å². The van der Waals surface area contributed by atoms with E-state index in [0.29, 0.717) is 0 Å². The highest BCUT2D eigenvalue weighted by Crippen LogP contribution is 2.17. The minimum absolute atomic E-state index is 1.12. The summed E-state index contributed by atoms with van der Waals surface area (Å²) < 4.78 is 2.39. The third-order valence-corrected chi connectivity index (χ3v) is 6.08. The van der Waals surface area contributed by atoms with Gasteiger partial charge in [-0.2, -0.15) is 0 Å². The van der Waals surface area contributed by atoms with Gasteiger partial charge in [0.15, 0.2) is 0 Å². The molecule has 0 aliphatic carbocycles. The van der Waals surface area contributed by atoms with Crippen molar-refractivity contribution >= 4 is 11.0 Å². The molecule has 0 aliphatic rings. The Balaban J connectivity index is 1.38. The Bertz CT molecular complexity index is 628. The molecule has 2 rings (SSSR count). The van der Waals surface area contributed by atoms with Crippen LogP contribution in [0.15, 0.2) is 24.3 Å². The van der Waals surface area contributed by atoms with Gasteiger partial charge in [-0.05, 0) is 25.5 Å². The Morgan fingerprint density at radius 2 is 1.11 bits per heavy atom. The fourth-order valence-electron chi connectivity index (χ4n) is 4.30. The quantitative estimate of drug-likeness (QED) is 0.250. The van der Waals surface area contributed by atoms with Crippen LogP contribution in [-0.4, -0.2) is 9.55 Å². The number of hydrogen-bond donors (Lipinski definition) is 0. The van der Waals surface area contributed by atoms with E-state index < -0.39 is 0 Å². The number of rotatable bonds is 17. The lowest BCUT2D eigenvalue weighted by atomic mass is 10.0. The van der Waals surface area contributed by atoms with Crippen molar-refractivity contribution in [2.75, 3.05) is 0 Å². The van der Waals surface area contributed by atoms with Crippen molar-refractivity contribution in [3.8, 4) is 0 Å². The van der Waals surface area contributed by atoms with E-state index in [-0.39, 0.29) is 0 Å². The first-order valence-corrected chi connectivity index (χ1v) is 12.2. The molecule has 2 heteroatoms. The van der Waals surface area contributed by atoms with Crippen LogP contribution in [-0.2, 0) is 6.54 Å². The lowest BCUT2D eigenvalue weighted by Gasteiger charge is -2.07. The standard InChI is InChI=1S/C26H44N2/c1-3-4-5-6-7-8-9-10-11-12-13-14-15-16-17-20-23-28-24(2)27-25-21-18-19-22-26(25)28/h18-19,21-22H,3-17,20,23H2,1-2H3. The van der Waals surface area contributed by atoms with Gasteiger partial charge in [0, 0.05) is 6.54 Å². The molecule has 28 heavy (non-hydrogen) atoms. The van der Waals surface area contributed by atoms with Gasteiger partial charge in [-0.1, -0.05) is 115 Å². The van der Waals surface area contributed by atoms with Gasteiger partial charge in [0.1, 0.15) is 5.82 Å². The summed E-state index contributed by atoms with van der Waals surface area (Å²) in [4.78, 5) is 4.67. The van der Waals surface area contributed by atoms with Crippen LogP contribution in [0, 0.1) is 6.92 Å². The predicted molar refractivity (Wildman–Crippen MR) is 124 cm³/mol. The third-order valence-electron chi connectivity index (χ3n) is 6.08. The largest absolute Gasteiger partial charge is 0.328 e. The van der Waals surface area contributed by atoms with Crippen LogP contribution in [0.5, 0.6) is 0 Å². The fourth-order valence-corrected chi connectivity index (χ4v) is 4.30. The van der Waals surface area contributed by atoms with Gasteiger partial charge in [-0.3, -0.25) is 0 Å². The van der Waals surface area contributed by atoms with Crippen LogP contribution in [0.4, 0.5) is 0 Å². The van der Waals surface area contributed by atoms with Crippen LogP contribution in [0.3, 0.4) is 0 Å². The second kappa shape index (κ2) is 14.7. The zero-order valence-electron chi connectivity index (χ0n) is 18.7. The molecule has 1 aromatic carbocycles. The van der Waals surface area contributed by atoms with E-state index >= 15 is 0 Å².